The smallest absolute Gasteiger partial charge is 0.393 e. The highest BCUT2D eigenvalue weighted by Gasteiger charge is 2.06. The Morgan fingerprint density at radius 3 is 2.45 bits per heavy atom. The zero-order valence-corrected chi connectivity index (χ0v) is 7.04. The molecule has 1 atom stereocenters. The fourth-order valence-electron chi connectivity index (χ4n) is 0.494. The van der Waals surface area contributed by atoms with Crippen LogP contribution in [0.2, 0.25) is 0 Å². The minimum Gasteiger partial charge on any atom is -0.393 e. The van der Waals surface area contributed by atoms with Crippen molar-refractivity contribution in [3.8, 4) is 0 Å². The van der Waals surface area contributed by atoms with Crippen LogP contribution < -0.4 is 0 Å². The third-order valence-corrected chi connectivity index (χ3v) is 1.62. The van der Waals surface area contributed by atoms with Crippen molar-refractivity contribution >= 4 is 10.4 Å². The molecule has 0 radical (unpaired) electrons. The van der Waals surface area contributed by atoms with Gasteiger partial charge in [-0.3, -0.25) is 4.55 Å². The number of hydrogen-bond acceptors (Lipinski definition) is 4. The minimum atomic E-state index is -4.34. The van der Waals surface area contributed by atoms with Crippen molar-refractivity contribution < 1.29 is 22.3 Å². The van der Waals surface area contributed by atoms with Gasteiger partial charge >= 0.3 is 10.4 Å². The van der Waals surface area contributed by atoms with E-state index < -0.39 is 16.5 Å². The van der Waals surface area contributed by atoms with Crippen molar-refractivity contribution in [3.63, 3.8) is 0 Å². The van der Waals surface area contributed by atoms with E-state index in [1.807, 2.05) is 0 Å². The minimum absolute atomic E-state index is 0.187. The molecule has 0 fully saturated rings. The van der Waals surface area contributed by atoms with Gasteiger partial charge in [-0.2, -0.15) is 8.42 Å². The maximum atomic E-state index is 9.95. The first-order valence-corrected chi connectivity index (χ1v) is 4.62. The molecular weight excluding hydrogens is 172 g/mol. The van der Waals surface area contributed by atoms with Gasteiger partial charge in [0.1, 0.15) is 0 Å². The summed E-state index contributed by atoms with van der Waals surface area (Å²) in [6.45, 7) is 1.58. The summed E-state index contributed by atoms with van der Waals surface area (Å²) in [7, 11) is -4.34. The molecular formula is C5H12O5S. The topological polar surface area (TPSA) is 83.8 Å². The highest BCUT2D eigenvalue weighted by Crippen LogP contribution is 1.98. The lowest BCUT2D eigenvalue weighted by Crippen LogP contribution is -2.12. The van der Waals surface area contributed by atoms with E-state index in [0.29, 0.717) is 6.42 Å². The first-order chi connectivity index (χ1) is 4.95. The van der Waals surface area contributed by atoms with E-state index >= 15 is 0 Å². The van der Waals surface area contributed by atoms with Crippen molar-refractivity contribution in [1.82, 2.24) is 0 Å². The van der Waals surface area contributed by atoms with Crippen molar-refractivity contribution in [2.45, 2.75) is 25.9 Å². The lowest BCUT2D eigenvalue weighted by Gasteiger charge is -2.05. The molecule has 0 spiro atoms. The van der Waals surface area contributed by atoms with Crippen LogP contribution in [0, 0.1) is 0 Å². The molecule has 11 heavy (non-hydrogen) atoms. The summed E-state index contributed by atoms with van der Waals surface area (Å²) in [5, 5.41) is 8.90. The van der Waals surface area contributed by atoms with Crippen LogP contribution in [0.15, 0.2) is 0 Å². The maximum absolute atomic E-state index is 9.95. The molecule has 0 aliphatic heterocycles. The van der Waals surface area contributed by atoms with Gasteiger partial charge in [0, 0.05) is 0 Å². The summed E-state index contributed by atoms with van der Waals surface area (Å²) in [4.78, 5) is 0. The van der Waals surface area contributed by atoms with E-state index in [1.165, 1.54) is 0 Å². The Hall–Kier alpha value is -0.170. The SMILES string of the molecule is CCC(O)CCOS(=O)(=O)O. The van der Waals surface area contributed by atoms with Crippen LogP contribution in [0.4, 0.5) is 0 Å². The molecule has 0 aromatic rings. The van der Waals surface area contributed by atoms with Crippen molar-refractivity contribution in [1.29, 1.82) is 0 Å². The predicted octanol–water partition coefficient (Wildman–Crippen LogP) is -0.0332. The van der Waals surface area contributed by atoms with Crippen molar-refractivity contribution in [3.05, 3.63) is 0 Å². The van der Waals surface area contributed by atoms with Gasteiger partial charge in [0.05, 0.1) is 12.7 Å². The molecule has 0 rings (SSSR count). The molecule has 5 nitrogen and oxygen atoms in total. The number of aliphatic hydroxyl groups excluding tert-OH is 1. The van der Waals surface area contributed by atoms with Crippen LogP contribution in [-0.2, 0) is 14.6 Å². The molecule has 0 heterocycles. The molecule has 0 aliphatic carbocycles. The zero-order chi connectivity index (χ0) is 8.91. The second-order valence-corrected chi connectivity index (χ2v) is 3.19. The van der Waals surface area contributed by atoms with Crippen LogP contribution in [0.1, 0.15) is 19.8 Å². The van der Waals surface area contributed by atoms with E-state index in [2.05, 4.69) is 4.18 Å². The van der Waals surface area contributed by atoms with Crippen LogP contribution in [0.25, 0.3) is 0 Å². The highest BCUT2D eigenvalue weighted by atomic mass is 32.3. The van der Waals surface area contributed by atoms with E-state index in [1.54, 1.807) is 6.92 Å². The predicted molar refractivity (Wildman–Crippen MR) is 38.4 cm³/mol. The average molecular weight is 184 g/mol. The van der Waals surface area contributed by atoms with E-state index in [9.17, 15) is 8.42 Å². The summed E-state index contributed by atoms with van der Waals surface area (Å²) in [6, 6.07) is 0. The molecule has 0 aromatic heterocycles. The third kappa shape index (κ3) is 7.73. The Morgan fingerprint density at radius 1 is 1.55 bits per heavy atom. The number of hydrogen-bond donors (Lipinski definition) is 2. The standard InChI is InChI=1S/C5H12O5S/c1-2-5(6)3-4-10-11(7,8)9/h5-6H,2-4H2,1H3,(H,7,8,9). The Balaban J connectivity index is 3.43. The third-order valence-electron chi connectivity index (χ3n) is 1.15. The summed E-state index contributed by atoms with van der Waals surface area (Å²) in [5.41, 5.74) is 0. The molecule has 0 aromatic carbocycles. The maximum Gasteiger partial charge on any atom is 0.397 e. The van der Waals surface area contributed by atoms with Crippen LogP contribution in [-0.4, -0.2) is 30.8 Å². The Labute approximate surface area is 65.9 Å². The molecule has 0 amide bonds. The fraction of sp³-hybridized carbons (Fsp3) is 1.00. The summed E-state index contributed by atoms with van der Waals surface area (Å²) in [6.07, 6.45) is 0.169. The van der Waals surface area contributed by atoms with Gasteiger partial charge in [-0.15, -0.1) is 0 Å². The monoisotopic (exact) mass is 184 g/mol. The van der Waals surface area contributed by atoms with E-state index in [4.69, 9.17) is 9.66 Å². The van der Waals surface area contributed by atoms with Gasteiger partial charge in [0.15, 0.2) is 0 Å². The van der Waals surface area contributed by atoms with Gasteiger partial charge in [0.2, 0.25) is 0 Å². The summed E-state index contributed by atoms with van der Waals surface area (Å²) < 4.78 is 31.9. The van der Waals surface area contributed by atoms with Gasteiger partial charge < -0.3 is 5.11 Å². The lowest BCUT2D eigenvalue weighted by molar-refractivity contribution is 0.133. The van der Waals surface area contributed by atoms with Gasteiger partial charge in [0.25, 0.3) is 0 Å². The van der Waals surface area contributed by atoms with Crippen LogP contribution in [0.5, 0.6) is 0 Å². The molecule has 0 saturated heterocycles. The fourth-order valence-corrected chi connectivity index (χ4v) is 0.800. The second-order valence-electron chi connectivity index (χ2n) is 2.10. The quantitative estimate of drug-likeness (QED) is 0.586. The second kappa shape index (κ2) is 4.66. The Bertz CT molecular complexity index is 185. The van der Waals surface area contributed by atoms with Gasteiger partial charge in [-0.25, -0.2) is 4.18 Å². The summed E-state index contributed by atoms with van der Waals surface area (Å²) >= 11 is 0. The molecule has 0 bridgehead atoms. The average Bonchev–Trinajstić information content (AvgIpc) is 1.85. The Morgan fingerprint density at radius 2 is 2.09 bits per heavy atom. The van der Waals surface area contributed by atoms with Crippen molar-refractivity contribution in [2.75, 3.05) is 6.61 Å². The first-order valence-electron chi connectivity index (χ1n) is 3.25. The summed E-state index contributed by atoms with van der Waals surface area (Å²) in [5.74, 6) is 0. The molecule has 0 aliphatic rings. The molecule has 68 valence electrons. The highest BCUT2D eigenvalue weighted by molar-refractivity contribution is 7.80. The molecule has 1 unspecified atom stereocenters. The number of aliphatic hydroxyl groups is 1. The zero-order valence-electron chi connectivity index (χ0n) is 6.23. The van der Waals surface area contributed by atoms with Gasteiger partial charge in [-0.05, 0) is 12.8 Å². The first kappa shape index (κ1) is 10.8. The Kier molecular flexibility index (Phi) is 4.58. The number of rotatable bonds is 5. The van der Waals surface area contributed by atoms with Gasteiger partial charge in [-0.1, -0.05) is 6.92 Å². The lowest BCUT2D eigenvalue weighted by atomic mass is 10.2. The van der Waals surface area contributed by atoms with E-state index in [-0.39, 0.29) is 13.0 Å². The van der Waals surface area contributed by atoms with Crippen LogP contribution >= 0.6 is 0 Å². The van der Waals surface area contributed by atoms with Crippen LogP contribution in [0.3, 0.4) is 0 Å². The molecule has 0 saturated carbocycles. The largest absolute Gasteiger partial charge is 0.397 e. The molecule has 6 heteroatoms. The molecule has 2 N–H and O–H groups in total. The van der Waals surface area contributed by atoms with Crippen molar-refractivity contribution in [2.24, 2.45) is 0 Å². The van der Waals surface area contributed by atoms with E-state index in [0.717, 1.165) is 0 Å². The normalized spacial score (nSPS) is 14.8.